The Balaban J connectivity index is 2.17. The molecule has 7 nitrogen and oxygen atoms in total. The third-order valence-corrected chi connectivity index (χ3v) is 3.60. The van der Waals surface area contributed by atoms with E-state index in [2.05, 4.69) is 10.5 Å². The van der Waals surface area contributed by atoms with Crippen LogP contribution in [0.1, 0.15) is 0 Å². The van der Waals surface area contributed by atoms with Crippen LogP contribution in [0.2, 0.25) is 0 Å². The van der Waals surface area contributed by atoms with Gasteiger partial charge in [-0.05, 0) is 23.4 Å². The molecule has 1 fully saturated rings. The third kappa shape index (κ3) is 2.84. The number of hydrogen-bond acceptors (Lipinski definition) is 6. The summed E-state index contributed by atoms with van der Waals surface area (Å²) in [5.74, 6) is 0.405. The van der Waals surface area contributed by atoms with Gasteiger partial charge in [0.2, 0.25) is 10.0 Å². The summed E-state index contributed by atoms with van der Waals surface area (Å²) in [7, 11) is -3.82. The molecule has 0 saturated carbocycles. The van der Waals surface area contributed by atoms with Gasteiger partial charge in [0.1, 0.15) is 5.69 Å². The lowest BCUT2D eigenvalue weighted by Crippen LogP contribution is -2.33. The normalized spacial score (nSPS) is 16.1. The van der Waals surface area contributed by atoms with Crippen LogP contribution in [-0.4, -0.2) is 28.2 Å². The van der Waals surface area contributed by atoms with Crippen LogP contribution in [0.4, 0.5) is 11.4 Å². The van der Waals surface area contributed by atoms with Crippen molar-refractivity contribution >= 4 is 21.4 Å². The highest BCUT2D eigenvalue weighted by Crippen LogP contribution is 2.28. The van der Waals surface area contributed by atoms with Gasteiger partial charge in [-0.3, -0.25) is 0 Å². The molecule has 1 aromatic carbocycles. The summed E-state index contributed by atoms with van der Waals surface area (Å²) in [4.78, 5) is 10.6. The molecular weight excluding hydrogens is 258 g/mol. The number of sulfonamides is 1. The first-order valence-corrected chi connectivity index (χ1v) is 6.87. The number of nitrogens with one attached hydrogen (secondary N) is 1. The summed E-state index contributed by atoms with van der Waals surface area (Å²) in [6.07, 6.45) is 0. The first-order chi connectivity index (χ1) is 8.50. The van der Waals surface area contributed by atoms with Gasteiger partial charge in [0, 0.05) is 12.5 Å². The lowest BCUT2D eigenvalue weighted by Gasteiger charge is -2.26. The molecule has 1 aliphatic heterocycles. The van der Waals surface area contributed by atoms with E-state index in [-0.39, 0.29) is 10.6 Å². The molecule has 1 heterocycles. The van der Waals surface area contributed by atoms with Gasteiger partial charge >= 0.3 is 0 Å². The maximum Gasteiger partial charge on any atom is 0.238 e. The second-order valence-corrected chi connectivity index (χ2v) is 5.66. The zero-order valence-electron chi connectivity index (χ0n) is 9.50. The average Bonchev–Trinajstić information content (AvgIpc) is 2.25. The van der Waals surface area contributed by atoms with Crippen LogP contribution in [0.15, 0.2) is 28.3 Å². The molecule has 0 bridgehead atoms. The van der Waals surface area contributed by atoms with E-state index in [0.717, 1.165) is 6.07 Å². The number of hydrogen-bond donors (Lipinski definition) is 2. The highest BCUT2D eigenvalue weighted by Gasteiger charge is 2.19. The van der Waals surface area contributed by atoms with Crippen molar-refractivity contribution in [3.8, 4) is 0 Å². The van der Waals surface area contributed by atoms with Gasteiger partial charge < -0.3 is 10.1 Å². The molecule has 0 aliphatic carbocycles. The molecule has 0 unspecified atom stereocenters. The standard InChI is InChI=1S/C10H13N3O4S/c11-18(15,16)8-1-2-9(10(3-8)13-14)12-4-7-5-17-6-7/h1-3,7,12H,4-6H2,(H2,11,15,16). The lowest BCUT2D eigenvalue weighted by molar-refractivity contribution is -0.0248. The number of benzene rings is 1. The number of rotatable bonds is 5. The monoisotopic (exact) mass is 271 g/mol. The lowest BCUT2D eigenvalue weighted by atomic mass is 10.1. The highest BCUT2D eigenvalue weighted by molar-refractivity contribution is 7.89. The van der Waals surface area contributed by atoms with E-state index >= 15 is 0 Å². The van der Waals surface area contributed by atoms with Crippen LogP contribution < -0.4 is 10.5 Å². The summed E-state index contributed by atoms with van der Waals surface area (Å²) in [6.45, 7) is 2.02. The minimum atomic E-state index is -3.82. The predicted octanol–water partition coefficient (Wildman–Crippen LogP) is 0.790. The molecule has 1 aromatic rings. The smallest absolute Gasteiger partial charge is 0.238 e. The summed E-state index contributed by atoms with van der Waals surface area (Å²) >= 11 is 0. The molecule has 8 heteroatoms. The predicted molar refractivity (Wildman–Crippen MR) is 66.1 cm³/mol. The van der Waals surface area contributed by atoms with E-state index in [0.29, 0.717) is 31.4 Å². The number of nitrogens with zero attached hydrogens (tertiary/aromatic N) is 1. The summed E-state index contributed by atoms with van der Waals surface area (Å²) in [6, 6.07) is 3.97. The average molecular weight is 271 g/mol. The van der Waals surface area contributed by atoms with E-state index in [4.69, 9.17) is 9.88 Å². The van der Waals surface area contributed by atoms with Crippen LogP contribution in [0.5, 0.6) is 0 Å². The van der Waals surface area contributed by atoms with E-state index < -0.39 is 10.0 Å². The van der Waals surface area contributed by atoms with E-state index in [1.54, 1.807) is 0 Å². The van der Waals surface area contributed by atoms with Crippen molar-refractivity contribution in [2.24, 2.45) is 16.2 Å². The SMILES string of the molecule is NS(=O)(=O)c1ccc(NCC2COC2)c(N=O)c1. The molecule has 1 aliphatic rings. The molecule has 2 rings (SSSR count). The van der Waals surface area contributed by atoms with Crippen molar-refractivity contribution in [2.45, 2.75) is 4.90 Å². The minimum Gasteiger partial charge on any atom is -0.383 e. The van der Waals surface area contributed by atoms with Crippen LogP contribution in [0.3, 0.4) is 0 Å². The molecule has 0 radical (unpaired) electrons. The van der Waals surface area contributed by atoms with Gasteiger partial charge in [-0.1, -0.05) is 0 Å². The minimum absolute atomic E-state index is 0.0294. The third-order valence-electron chi connectivity index (χ3n) is 2.68. The van der Waals surface area contributed by atoms with Crippen molar-refractivity contribution in [2.75, 3.05) is 25.1 Å². The Bertz CT molecular complexity index is 554. The first-order valence-electron chi connectivity index (χ1n) is 5.32. The van der Waals surface area contributed by atoms with Crippen LogP contribution >= 0.6 is 0 Å². The van der Waals surface area contributed by atoms with Gasteiger partial charge in [-0.2, -0.15) is 0 Å². The van der Waals surface area contributed by atoms with Crippen molar-refractivity contribution in [3.63, 3.8) is 0 Å². The van der Waals surface area contributed by atoms with Gasteiger partial charge in [0.05, 0.1) is 23.8 Å². The second-order valence-electron chi connectivity index (χ2n) is 4.10. The van der Waals surface area contributed by atoms with E-state index in [1.807, 2.05) is 0 Å². The molecule has 98 valence electrons. The van der Waals surface area contributed by atoms with E-state index in [1.165, 1.54) is 12.1 Å². The number of nitroso groups, excluding NO2 is 1. The Morgan fingerprint density at radius 2 is 2.17 bits per heavy atom. The maximum absolute atomic E-state index is 11.1. The summed E-state index contributed by atoms with van der Waals surface area (Å²) in [5.41, 5.74) is 0.520. The van der Waals surface area contributed by atoms with Crippen molar-refractivity contribution in [3.05, 3.63) is 23.1 Å². The summed E-state index contributed by atoms with van der Waals surface area (Å²) in [5, 5.41) is 10.8. The molecule has 0 spiro atoms. The molecule has 1 saturated heterocycles. The van der Waals surface area contributed by atoms with E-state index in [9.17, 15) is 13.3 Å². The van der Waals surface area contributed by atoms with Gasteiger partial charge in [0.25, 0.3) is 0 Å². The fraction of sp³-hybridized carbons (Fsp3) is 0.400. The summed E-state index contributed by atoms with van der Waals surface area (Å²) < 4.78 is 27.3. The Morgan fingerprint density at radius 3 is 2.67 bits per heavy atom. The second kappa shape index (κ2) is 5.01. The quantitative estimate of drug-likeness (QED) is 0.769. The van der Waals surface area contributed by atoms with Gasteiger partial charge in [-0.15, -0.1) is 4.91 Å². The Morgan fingerprint density at radius 1 is 1.44 bits per heavy atom. The molecule has 0 aromatic heterocycles. The van der Waals surface area contributed by atoms with Crippen molar-refractivity contribution < 1.29 is 13.2 Å². The fourth-order valence-corrected chi connectivity index (χ4v) is 2.10. The van der Waals surface area contributed by atoms with Gasteiger partial charge in [0.15, 0.2) is 0 Å². The molecule has 0 atom stereocenters. The zero-order chi connectivity index (χ0) is 13.2. The molecule has 3 N–H and O–H groups in total. The molecule has 18 heavy (non-hydrogen) atoms. The Kier molecular flexibility index (Phi) is 3.60. The maximum atomic E-state index is 11.1. The van der Waals surface area contributed by atoms with Crippen molar-refractivity contribution in [1.82, 2.24) is 0 Å². The molecule has 0 amide bonds. The zero-order valence-corrected chi connectivity index (χ0v) is 10.3. The fourth-order valence-electron chi connectivity index (χ4n) is 1.57. The number of anilines is 1. The number of nitrogens with two attached hydrogens (primary N) is 1. The van der Waals surface area contributed by atoms with Gasteiger partial charge in [-0.25, -0.2) is 13.6 Å². The molecular formula is C10H13N3O4S. The first kappa shape index (κ1) is 12.9. The van der Waals surface area contributed by atoms with Crippen LogP contribution in [-0.2, 0) is 14.8 Å². The van der Waals surface area contributed by atoms with Crippen LogP contribution in [0.25, 0.3) is 0 Å². The number of primary sulfonamides is 1. The number of ether oxygens (including phenoxy) is 1. The Hall–Kier alpha value is -1.51. The topological polar surface area (TPSA) is 111 Å². The highest BCUT2D eigenvalue weighted by atomic mass is 32.2. The van der Waals surface area contributed by atoms with Crippen molar-refractivity contribution in [1.29, 1.82) is 0 Å². The Labute approximate surface area is 104 Å². The largest absolute Gasteiger partial charge is 0.383 e. The van der Waals surface area contributed by atoms with Crippen LogP contribution in [0, 0.1) is 10.8 Å².